The molecule has 0 saturated carbocycles. The fraction of sp³-hybridized carbons (Fsp3) is 0.200. The van der Waals surface area contributed by atoms with E-state index in [-0.39, 0.29) is 24.1 Å². The number of benzene rings is 2. The van der Waals surface area contributed by atoms with Crippen LogP contribution in [0.15, 0.2) is 48.5 Å². The molecule has 3 aromatic rings. The molecule has 0 fully saturated rings. The molecular formula is C20H18ClFN2O. The van der Waals surface area contributed by atoms with Crippen LogP contribution in [0.4, 0.5) is 10.2 Å². The predicted molar refractivity (Wildman–Crippen MR) is 99.5 cm³/mol. The standard InChI is InChI=1S/C20H18ClFN2O/c1-13-6-8-18-15(10-13)7-9-19(23-18)24(20(25)11-21)12-16-14(2)4-3-5-17(16)22/h3-10H,11-12H2,1-2H3. The van der Waals surface area contributed by atoms with Crippen LogP contribution >= 0.6 is 11.6 Å². The van der Waals surface area contributed by atoms with Crippen LogP contribution in [0.2, 0.25) is 0 Å². The average molecular weight is 357 g/mol. The van der Waals surface area contributed by atoms with E-state index in [1.54, 1.807) is 12.1 Å². The Bertz CT molecular complexity index is 922. The highest BCUT2D eigenvalue weighted by Gasteiger charge is 2.19. The van der Waals surface area contributed by atoms with Crippen molar-refractivity contribution in [2.24, 2.45) is 0 Å². The van der Waals surface area contributed by atoms with Crippen molar-refractivity contribution in [2.75, 3.05) is 10.8 Å². The third kappa shape index (κ3) is 3.64. The van der Waals surface area contributed by atoms with Crippen LogP contribution in [-0.4, -0.2) is 16.8 Å². The maximum Gasteiger partial charge on any atom is 0.243 e. The first-order valence-corrected chi connectivity index (χ1v) is 8.51. The van der Waals surface area contributed by atoms with E-state index in [9.17, 15) is 9.18 Å². The van der Waals surface area contributed by atoms with Gasteiger partial charge in [-0.15, -0.1) is 11.6 Å². The molecule has 0 bridgehead atoms. The molecule has 0 aliphatic rings. The third-order valence-corrected chi connectivity index (χ3v) is 4.42. The Labute approximate surface area is 151 Å². The molecule has 1 aromatic heterocycles. The lowest BCUT2D eigenvalue weighted by atomic mass is 10.1. The summed E-state index contributed by atoms with van der Waals surface area (Å²) in [6.45, 7) is 3.92. The van der Waals surface area contributed by atoms with Crippen LogP contribution in [0, 0.1) is 19.7 Å². The highest BCUT2D eigenvalue weighted by Crippen LogP contribution is 2.23. The smallest absolute Gasteiger partial charge is 0.243 e. The van der Waals surface area contributed by atoms with Gasteiger partial charge in [0, 0.05) is 10.9 Å². The van der Waals surface area contributed by atoms with Crippen molar-refractivity contribution in [1.82, 2.24) is 4.98 Å². The minimum atomic E-state index is -0.344. The normalized spacial score (nSPS) is 10.9. The van der Waals surface area contributed by atoms with Crippen molar-refractivity contribution < 1.29 is 9.18 Å². The summed E-state index contributed by atoms with van der Waals surface area (Å²) in [7, 11) is 0. The highest BCUT2D eigenvalue weighted by atomic mass is 35.5. The van der Waals surface area contributed by atoms with E-state index >= 15 is 0 Å². The molecule has 2 aromatic carbocycles. The number of anilines is 1. The number of carbonyl (C=O) groups excluding carboxylic acids is 1. The van der Waals surface area contributed by atoms with Gasteiger partial charge in [-0.2, -0.15) is 0 Å². The van der Waals surface area contributed by atoms with Gasteiger partial charge >= 0.3 is 0 Å². The quantitative estimate of drug-likeness (QED) is 0.631. The summed E-state index contributed by atoms with van der Waals surface area (Å²) >= 11 is 5.77. The maximum atomic E-state index is 14.2. The Kier molecular flexibility index (Phi) is 5.00. The van der Waals surface area contributed by atoms with Crippen LogP contribution in [0.1, 0.15) is 16.7 Å². The van der Waals surface area contributed by atoms with Gasteiger partial charge in [-0.1, -0.05) is 23.8 Å². The van der Waals surface area contributed by atoms with Gasteiger partial charge in [0.1, 0.15) is 17.5 Å². The molecular weight excluding hydrogens is 339 g/mol. The number of hydrogen-bond acceptors (Lipinski definition) is 2. The van der Waals surface area contributed by atoms with Crippen LogP contribution < -0.4 is 4.90 Å². The SMILES string of the molecule is Cc1ccc2nc(N(Cc3c(C)cccc3F)C(=O)CCl)ccc2c1. The first kappa shape index (κ1) is 17.4. The van der Waals surface area contributed by atoms with Gasteiger partial charge in [0.05, 0.1) is 12.1 Å². The van der Waals surface area contributed by atoms with Gasteiger partial charge in [-0.25, -0.2) is 9.37 Å². The van der Waals surface area contributed by atoms with E-state index in [4.69, 9.17) is 11.6 Å². The second-order valence-electron chi connectivity index (χ2n) is 6.01. The van der Waals surface area contributed by atoms with Crippen molar-refractivity contribution in [3.05, 3.63) is 71.0 Å². The molecule has 0 atom stereocenters. The summed E-state index contributed by atoms with van der Waals surface area (Å²) in [6.07, 6.45) is 0. The van der Waals surface area contributed by atoms with E-state index in [0.29, 0.717) is 11.4 Å². The summed E-state index contributed by atoms with van der Waals surface area (Å²) in [4.78, 5) is 18.4. The lowest BCUT2D eigenvalue weighted by molar-refractivity contribution is -0.116. The summed E-state index contributed by atoms with van der Waals surface area (Å²) in [6, 6.07) is 14.4. The van der Waals surface area contributed by atoms with E-state index in [2.05, 4.69) is 4.98 Å². The molecule has 0 radical (unpaired) electrons. The van der Waals surface area contributed by atoms with Crippen molar-refractivity contribution in [3.63, 3.8) is 0 Å². The average Bonchev–Trinajstić information content (AvgIpc) is 2.60. The predicted octanol–water partition coefficient (Wildman–Crippen LogP) is 4.76. The lowest BCUT2D eigenvalue weighted by Crippen LogP contribution is -2.32. The Morgan fingerprint density at radius 1 is 1.16 bits per heavy atom. The van der Waals surface area contributed by atoms with E-state index in [1.807, 2.05) is 44.2 Å². The van der Waals surface area contributed by atoms with Gasteiger partial charge in [0.15, 0.2) is 0 Å². The summed E-state index contributed by atoms with van der Waals surface area (Å²) in [5.74, 6) is -0.391. The topological polar surface area (TPSA) is 33.2 Å². The Balaban J connectivity index is 2.04. The Morgan fingerprint density at radius 2 is 1.96 bits per heavy atom. The summed E-state index contributed by atoms with van der Waals surface area (Å²) in [5, 5.41) is 0.990. The Hall–Kier alpha value is -2.46. The fourth-order valence-electron chi connectivity index (χ4n) is 2.78. The molecule has 0 N–H and O–H groups in total. The van der Waals surface area contributed by atoms with Crippen LogP contribution in [0.5, 0.6) is 0 Å². The zero-order valence-corrected chi connectivity index (χ0v) is 14.8. The van der Waals surface area contributed by atoms with Crippen LogP contribution in [0.25, 0.3) is 10.9 Å². The highest BCUT2D eigenvalue weighted by molar-refractivity contribution is 6.29. The second-order valence-corrected chi connectivity index (χ2v) is 6.28. The number of aromatic nitrogens is 1. The lowest BCUT2D eigenvalue weighted by Gasteiger charge is -2.22. The molecule has 128 valence electrons. The number of aryl methyl sites for hydroxylation is 2. The molecule has 0 spiro atoms. The first-order chi connectivity index (χ1) is 12.0. The van der Waals surface area contributed by atoms with E-state index < -0.39 is 0 Å². The number of alkyl halides is 1. The van der Waals surface area contributed by atoms with Gasteiger partial charge in [0.2, 0.25) is 5.91 Å². The number of fused-ring (bicyclic) bond motifs is 1. The zero-order valence-electron chi connectivity index (χ0n) is 14.1. The molecule has 0 aliphatic heterocycles. The number of rotatable bonds is 4. The van der Waals surface area contributed by atoms with Crippen LogP contribution in [0.3, 0.4) is 0 Å². The molecule has 1 amide bonds. The number of carbonyl (C=O) groups is 1. The molecule has 3 rings (SSSR count). The number of halogens is 2. The minimum Gasteiger partial charge on any atom is -0.291 e. The monoisotopic (exact) mass is 356 g/mol. The van der Waals surface area contributed by atoms with Crippen molar-refractivity contribution in [3.8, 4) is 0 Å². The third-order valence-electron chi connectivity index (χ3n) is 4.19. The van der Waals surface area contributed by atoms with Gasteiger partial charge in [-0.05, 0) is 49.7 Å². The van der Waals surface area contributed by atoms with Crippen LogP contribution in [-0.2, 0) is 11.3 Å². The van der Waals surface area contributed by atoms with E-state index in [0.717, 1.165) is 22.0 Å². The van der Waals surface area contributed by atoms with E-state index in [1.165, 1.54) is 11.0 Å². The molecule has 0 unspecified atom stereocenters. The first-order valence-electron chi connectivity index (χ1n) is 7.97. The number of hydrogen-bond donors (Lipinski definition) is 0. The van der Waals surface area contributed by atoms with Gasteiger partial charge in [0.25, 0.3) is 0 Å². The molecule has 0 aliphatic carbocycles. The van der Waals surface area contributed by atoms with Crippen molar-refractivity contribution in [2.45, 2.75) is 20.4 Å². The van der Waals surface area contributed by atoms with Gasteiger partial charge in [-0.3, -0.25) is 9.69 Å². The number of amides is 1. The largest absolute Gasteiger partial charge is 0.291 e. The molecule has 25 heavy (non-hydrogen) atoms. The molecule has 3 nitrogen and oxygen atoms in total. The Morgan fingerprint density at radius 3 is 2.68 bits per heavy atom. The zero-order chi connectivity index (χ0) is 18.0. The molecule has 5 heteroatoms. The minimum absolute atomic E-state index is 0.0917. The molecule has 1 heterocycles. The number of nitrogens with zero attached hydrogens (tertiary/aromatic N) is 2. The maximum absolute atomic E-state index is 14.2. The summed E-state index contributed by atoms with van der Waals surface area (Å²) < 4.78 is 14.2. The fourth-order valence-corrected chi connectivity index (χ4v) is 2.92. The van der Waals surface area contributed by atoms with Crippen molar-refractivity contribution in [1.29, 1.82) is 0 Å². The van der Waals surface area contributed by atoms with Gasteiger partial charge < -0.3 is 0 Å². The number of pyridine rings is 1. The summed E-state index contributed by atoms with van der Waals surface area (Å²) in [5.41, 5.74) is 3.16. The second kappa shape index (κ2) is 7.19. The van der Waals surface area contributed by atoms with Crippen molar-refractivity contribution >= 4 is 34.2 Å². The molecule has 0 saturated heterocycles.